The molecule has 1 aromatic rings. The molecule has 0 amide bonds. The molecule has 0 aliphatic heterocycles. The molecular weight excluding hydrogens is 232 g/mol. The van der Waals surface area contributed by atoms with Crippen molar-refractivity contribution in [3.05, 3.63) is 23.2 Å². The highest BCUT2D eigenvalue weighted by atomic mass is 35.5. The highest BCUT2D eigenvalue weighted by Gasteiger charge is 2.16. The molecule has 0 heterocycles. The van der Waals surface area contributed by atoms with Gasteiger partial charge in [-0.3, -0.25) is 0 Å². The summed E-state index contributed by atoms with van der Waals surface area (Å²) in [6.07, 6.45) is 6.89. The minimum Gasteiger partial charge on any atom is -0.397 e. The molecule has 0 atom stereocenters. The summed E-state index contributed by atoms with van der Waals surface area (Å²) in [5.74, 6) is 0.823. The minimum absolute atomic E-state index is 0.706. The normalized spacial score (nSPS) is 17.1. The molecule has 1 aliphatic rings. The number of nitrogens with zero attached hydrogens (tertiary/aromatic N) is 1. The third kappa shape index (κ3) is 3.29. The Morgan fingerprint density at radius 1 is 1.29 bits per heavy atom. The Kier molecular flexibility index (Phi) is 4.16. The van der Waals surface area contributed by atoms with Crippen molar-refractivity contribution in [2.75, 3.05) is 24.2 Å². The van der Waals surface area contributed by atoms with Crippen LogP contribution in [0.2, 0.25) is 5.02 Å². The van der Waals surface area contributed by atoms with E-state index in [-0.39, 0.29) is 0 Å². The van der Waals surface area contributed by atoms with Crippen LogP contribution < -0.4 is 10.6 Å². The van der Waals surface area contributed by atoms with E-state index in [0.29, 0.717) is 5.02 Å². The molecule has 0 bridgehead atoms. The van der Waals surface area contributed by atoms with Crippen LogP contribution in [-0.4, -0.2) is 13.6 Å². The Bertz CT molecular complexity index is 372. The van der Waals surface area contributed by atoms with E-state index < -0.39 is 0 Å². The van der Waals surface area contributed by atoms with Crippen LogP contribution in [-0.2, 0) is 0 Å². The van der Waals surface area contributed by atoms with E-state index in [1.807, 2.05) is 18.2 Å². The highest BCUT2D eigenvalue weighted by Crippen LogP contribution is 2.29. The van der Waals surface area contributed by atoms with Gasteiger partial charge in [-0.05, 0) is 37.0 Å². The first-order valence-electron chi connectivity index (χ1n) is 6.43. The van der Waals surface area contributed by atoms with Crippen molar-refractivity contribution in [2.45, 2.75) is 32.1 Å². The number of rotatable bonds is 3. The van der Waals surface area contributed by atoms with Gasteiger partial charge in [0.2, 0.25) is 0 Å². The molecule has 1 aromatic carbocycles. The quantitative estimate of drug-likeness (QED) is 0.826. The average Bonchev–Trinajstić information content (AvgIpc) is 2.30. The van der Waals surface area contributed by atoms with Crippen LogP contribution in [0.15, 0.2) is 18.2 Å². The largest absolute Gasteiger partial charge is 0.397 e. The maximum Gasteiger partial charge on any atom is 0.0598 e. The fourth-order valence-corrected chi connectivity index (χ4v) is 2.91. The molecule has 1 saturated carbocycles. The molecule has 0 spiro atoms. The van der Waals surface area contributed by atoms with Gasteiger partial charge in [-0.25, -0.2) is 0 Å². The lowest BCUT2D eigenvalue weighted by Gasteiger charge is -2.29. The zero-order valence-electron chi connectivity index (χ0n) is 10.5. The number of nitrogens with two attached hydrogens (primary N) is 1. The van der Waals surface area contributed by atoms with E-state index >= 15 is 0 Å². The van der Waals surface area contributed by atoms with Crippen LogP contribution in [0, 0.1) is 5.92 Å². The molecule has 2 nitrogen and oxygen atoms in total. The van der Waals surface area contributed by atoms with Crippen molar-refractivity contribution in [2.24, 2.45) is 5.92 Å². The second-order valence-electron chi connectivity index (χ2n) is 5.09. The summed E-state index contributed by atoms with van der Waals surface area (Å²) in [4.78, 5) is 2.27. The predicted octanol–water partition coefficient (Wildman–Crippen LogP) is 3.94. The molecule has 2 rings (SSSR count). The fourth-order valence-electron chi connectivity index (χ4n) is 2.73. The summed E-state index contributed by atoms with van der Waals surface area (Å²) in [6, 6.07) is 5.75. The van der Waals surface area contributed by atoms with E-state index in [4.69, 9.17) is 17.3 Å². The van der Waals surface area contributed by atoms with E-state index in [2.05, 4.69) is 11.9 Å². The van der Waals surface area contributed by atoms with Crippen LogP contribution >= 0.6 is 11.6 Å². The monoisotopic (exact) mass is 252 g/mol. The van der Waals surface area contributed by atoms with Crippen LogP contribution in [0.1, 0.15) is 32.1 Å². The van der Waals surface area contributed by atoms with E-state index in [9.17, 15) is 0 Å². The van der Waals surface area contributed by atoms with Gasteiger partial charge in [0.25, 0.3) is 0 Å². The van der Waals surface area contributed by atoms with Crippen LogP contribution in [0.3, 0.4) is 0 Å². The lowest BCUT2D eigenvalue weighted by Crippen LogP contribution is -2.27. The minimum atomic E-state index is 0.706. The lowest BCUT2D eigenvalue weighted by atomic mass is 9.89. The number of benzene rings is 1. The molecule has 0 unspecified atom stereocenters. The number of hydrogen-bond acceptors (Lipinski definition) is 2. The molecular formula is C14H21ClN2. The molecule has 0 aromatic heterocycles. The Morgan fingerprint density at radius 2 is 2.00 bits per heavy atom. The highest BCUT2D eigenvalue weighted by molar-refractivity contribution is 6.31. The second-order valence-corrected chi connectivity index (χ2v) is 5.52. The van der Waals surface area contributed by atoms with Crippen LogP contribution in [0.5, 0.6) is 0 Å². The van der Waals surface area contributed by atoms with E-state index in [1.54, 1.807) is 0 Å². The number of nitrogen functional groups attached to an aromatic ring is 1. The molecule has 3 heteroatoms. The zero-order valence-corrected chi connectivity index (χ0v) is 11.2. The predicted molar refractivity (Wildman–Crippen MR) is 75.7 cm³/mol. The van der Waals surface area contributed by atoms with Gasteiger partial charge in [0.15, 0.2) is 0 Å². The van der Waals surface area contributed by atoms with Gasteiger partial charge in [0, 0.05) is 18.6 Å². The summed E-state index contributed by atoms with van der Waals surface area (Å²) in [5, 5.41) is 0.706. The Labute approximate surface area is 109 Å². The molecule has 1 fully saturated rings. The van der Waals surface area contributed by atoms with E-state index in [0.717, 1.165) is 23.8 Å². The van der Waals surface area contributed by atoms with Crippen molar-refractivity contribution in [3.8, 4) is 0 Å². The van der Waals surface area contributed by atoms with Gasteiger partial charge in [0.1, 0.15) is 0 Å². The number of hydrogen-bond donors (Lipinski definition) is 1. The Hall–Kier alpha value is -0.890. The molecule has 2 N–H and O–H groups in total. The SMILES string of the molecule is CN(CC1CCCCC1)c1ccc(Cl)cc1N. The van der Waals surface area contributed by atoms with Gasteiger partial charge in [-0.15, -0.1) is 0 Å². The first-order chi connectivity index (χ1) is 8.16. The van der Waals surface area contributed by atoms with Gasteiger partial charge in [-0.2, -0.15) is 0 Å². The molecule has 1 aliphatic carbocycles. The van der Waals surface area contributed by atoms with Gasteiger partial charge >= 0.3 is 0 Å². The Morgan fingerprint density at radius 3 is 2.65 bits per heavy atom. The molecule has 94 valence electrons. The van der Waals surface area contributed by atoms with Crippen molar-refractivity contribution in [1.82, 2.24) is 0 Å². The summed E-state index contributed by atoms with van der Waals surface area (Å²) < 4.78 is 0. The van der Waals surface area contributed by atoms with Crippen molar-refractivity contribution in [1.29, 1.82) is 0 Å². The molecule has 17 heavy (non-hydrogen) atoms. The summed E-state index contributed by atoms with van der Waals surface area (Å²) >= 11 is 5.91. The first-order valence-corrected chi connectivity index (χ1v) is 6.81. The third-order valence-corrected chi connectivity index (χ3v) is 3.89. The topological polar surface area (TPSA) is 29.3 Å². The Balaban J connectivity index is 2.00. The van der Waals surface area contributed by atoms with Crippen LogP contribution in [0.25, 0.3) is 0 Å². The molecule has 0 saturated heterocycles. The van der Waals surface area contributed by atoms with Gasteiger partial charge < -0.3 is 10.6 Å². The standard InChI is InChI=1S/C14H21ClN2/c1-17(10-11-5-3-2-4-6-11)14-8-7-12(15)9-13(14)16/h7-9,11H,2-6,10,16H2,1H3. The third-order valence-electron chi connectivity index (χ3n) is 3.66. The maximum atomic E-state index is 6.00. The van der Waals surface area contributed by atoms with Gasteiger partial charge in [0.05, 0.1) is 11.4 Å². The fraction of sp³-hybridized carbons (Fsp3) is 0.571. The summed E-state index contributed by atoms with van der Waals surface area (Å²) in [7, 11) is 2.12. The van der Waals surface area contributed by atoms with Crippen molar-refractivity contribution >= 4 is 23.0 Å². The lowest BCUT2D eigenvalue weighted by molar-refractivity contribution is 0.362. The van der Waals surface area contributed by atoms with Crippen molar-refractivity contribution < 1.29 is 0 Å². The number of halogens is 1. The van der Waals surface area contributed by atoms with E-state index in [1.165, 1.54) is 32.1 Å². The van der Waals surface area contributed by atoms with Crippen LogP contribution in [0.4, 0.5) is 11.4 Å². The molecule has 0 radical (unpaired) electrons. The van der Waals surface area contributed by atoms with Crippen molar-refractivity contribution in [3.63, 3.8) is 0 Å². The maximum absolute atomic E-state index is 6.00. The zero-order chi connectivity index (χ0) is 12.3. The number of anilines is 2. The summed E-state index contributed by atoms with van der Waals surface area (Å²) in [5.41, 5.74) is 7.87. The smallest absolute Gasteiger partial charge is 0.0598 e. The second kappa shape index (κ2) is 5.63. The van der Waals surface area contributed by atoms with Gasteiger partial charge in [-0.1, -0.05) is 30.9 Å². The summed E-state index contributed by atoms with van der Waals surface area (Å²) in [6.45, 7) is 1.10. The average molecular weight is 253 g/mol. The first kappa shape index (κ1) is 12.6.